The highest BCUT2D eigenvalue weighted by molar-refractivity contribution is 5.39. The first-order valence-corrected chi connectivity index (χ1v) is 4.85. The Balaban J connectivity index is 0.00000169. The molecule has 3 N–H and O–H groups in total. The average Bonchev–Trinajstić information content (AvgIpc) is 2.16. The van der Waals surface area contributed by atoms with Gasteiger partial charge in [0.25, 0.3) is 0 Å². The Labute approximate surface area is 86.9 Å². The van der Waals surface area contributed by atoms with Gasteiger partial charge in [-0.15, -0.1) is 0 Å². The van der Waals surface area contributed by atoms with Crippen molar-refractivity contribution in [1.29, 1.82) is 0 Å². The zero-order valence-corrected chi connectivity index (χ0v) is 9.63. The topological polar surface area (TPSA) is 44.2 Å². The fourth-order valence-corrected chi connectivity index (χ4v) is 1.45. The molecule has 2 nitrogen and oxygen atoms in total. The maximum Gasteiger partial charge on any atom is 0.122 e. The van der Waals surface area contributed by atoms with Crippen molar-refractivity contribution in [3.8, 4) is 5.75 Å². The Morgan fingerprint density at radius 2 is 1.93 bits per heavy atom. The summed E-state index contributed by atoms with van der Waals surface area (Å²) in [5.41, 5.74) is 2.69. The van der Waals surface area contributed by atoms with Crippen molar-refractivity contribution in [2.24, 2.45) is 0 Å². The van der Waals surface area contributed by atoms with E-state index in [0.717, 1.165) is 12.2 Å². The summed E-state index contributed by atoms with van der Waals surface area (Å²) in [5, 5.41) is 0. The zero-order valence-electron chi connectivity index (χ0n) is 9.63. The molecule has 0 fully saturated rings. The third kappa shape index (κ3) is 2.74. The molecule has 0 radical (unpaired) electrons. The molecule has 80 valence electrons. The van der Waals surface area contributed by atoms with Crippen LogP contribution >= 0.6 is 0 Å². The number of hydrogen-bond acceptors (Lipinski definition) is 2. The van der Waals surface area contributed by atoms with Crippen LogP contribution in [0.25, 0.3) is 0 Å². The second-order valence-corrected chi connectivity index (χ2v) is 3.58. The molecule has 1 aromatic carbocycles. The monoisotopic (exact) mass is 195 g/mol. The number of aryl methyl sites for hydroxylation is 1. The van der Waals surface area contributed by atoms with Crippen LogP contribution < -0.4 is 10.9 Å². The lowest BCUT2D eigenvalue weighted by molar-refractivity contribution is 0.407. The Bertz CT molecular complexity index is 282. The van der Waals surface area contributed by atoms with Crippen molar-refractivity contribution >= 4 is 0 Å². The molecule has 0 saturated heterocycles. The molecule has 14 heavy (non-hydrogen) atoms. The number of benzene rings is 1. The van der Waals surface area contributed by atoms with Gasteiger partial charge >= 0.3 is 0 Å². The SMILES string of the molecule is CCc1ccc(OC)c(C(C)C)c1.N. The largest absolute Gasteiger partial charge is 0.496 e. The van der Waals surface area contributed by atoms with Crippen LogP contribution in [-0.4, -0.2) is 7.11 Å². The summed E-state index contributed by atoms with van der Waals surface area (Å²) in [7, 11) is 1.73. The quantitative estimate of drug-likeness (QED) is 0.801. The Hall–Kier alpha value is -1.02. The summed E-state index contributed by atoms with van der Waals surface area (Å²) in [6, 6.07) is 6.43. The Kier molecular flexibility index (Phi) is 5.24. The van der Waals surface area contributed by atoms with Crippen molar-refractivity contribution < 1.29 is 4.74 Å². The summed E-state index contributed by atoms with van der Waals surface area (Å²) in [6.45, 7) is 6.56. The van der Waals surface area contributed by atoms with E-state index in [4.69, 9.17) is 4.74 Å². The lowest BCUT2D eigenvalue weighted by Gasteiger charge is -2.12. The average molecular weight is 195 g/mol. The van der Waals surface area contributed by atoms with Gasteiger partial charge in [-0.05, 0) is 29.5 Å². The van der Waals surface area contributed by atoms with E-state index in [1.165, 1.54) is 11.1 Å². The van der Waals surface area contributed by atoms with E-state index in [2.05, 4.69) is 39.0 Å². The number of hydrogen-bond donors (Lipinski definition) is 1. The third-order valence-corrected chi connectivity index (χ3v) is 2.32. The lowest BCUT2D eigenvalue weighted by atomic mass is 9.99. The van der Waals surface area contributed by atoms with Gasteiger partial charge < -0.3 is 10.9 Å². The minimum atomic E-state index is 0. The second kappa shape index (κ2) is 5.66. The Morgan fingerprint density at radius 3 is 2.36 bits per heavy atom. The molecule has 0 aliphatic rings. The van der Waals surface area contributed by atoms with Crippen molar-refractivity contribution in [2.45, 2.75) is 33.1 Å². The highest BCUT2D eigenvalue weighted by Crippen LogP contribution is 2.27. The molecule has 0 bridgehead atoms. The smallest absolute Gasteiger partial charge is 0.122 e. The standard InChI is InChI=1S/C12H18O.H3N/c1-5-10-6-7-12(13-4)11(8-10)9(2)3;/h6-9H,5H2,1-4H3;1H3. The molecular weight excluding hydrogens is 174 g/mol. The van der Waals surface area contributed by atoms with Gasteiger partial charge in [0, 0.05) is 0 Å². The van der Waals surface area contributed by atoms with E-state index >= 15 is 0 Å². The molecule has 0 atom stereocenters. The first kappa shape index (κ1) is 13.0. The number of rotatable bonds is 3. The molecular formula is C12H21NO. The van der Waals surface area contributed by atoms with Gasteiger partial charge in [-0.3, -0.25) is 0 Å². The van der Waals surface area contributed by atoms with Crippen LogP contribution in [0.15, 0.2) is 18.2 Å². The number of ether oxygens (including phenoxy) is 1. The van der Waals surface area contributed by atoms with Gasteiger partial charge in [0.15, 0.2) is 0 Å². The fourth-order valence-electron chi connectivity index (χ4n) is 1.45. The summed E-state index contributed by atoms with van der Waals surface area (Å²) in [5.74, 6) is 1.54. The maximum absolute atomic E-state index is 5.31. The van der Waals surface area contributed by atoms with Crippen LogP contribution in [0.5, 0.6) is 5.75 Å². The van der Waals surface area contributed by atoms with Crippen LogP contribution in [0.3, 0.4) is 0 Å². The predicted octanol–water partition coefficient (Wildman–Crippen LogP) is 3.54. The van der Waals surface area contributed by atoms with Crippen molar-refractivity contribution in [1.82, 2.24) is 6.15 Å². The van der Waals surface area contributed by atoms with Crippen LogP contribution in [0.4, 0.5) is 0 Å². The maximum atomic E-state index is 5.31. The van der Waals surface area contributed by atoms with Crippen LogP contribution in [0.1, 0.15) is 37.8 Å². The minimum Gasteiger partial charge on any atom is -0.496 e. The molecule has 0 heterocycles. The van der Waals surface area contributed by atoms with Gasteiger partial charge in [-0.2, -0.15) is 0 Å². The molecule has 0 spiro atoms. The summed E-state index contributed by atoms with van der Waals surface area (Å²) >= 11 is 0. The van der Waals surface area contributed by atoms with Crippen molar-refractivity contribution in [3.63, 3.8) is 0 Å². The van der Waals surface area contributed by atoms with Gasteiger partial charge in [-0.1, -0.05) is 32.9 Å². The van der Waals surface area contributed by atoms with Crippen LogP contribution in [0, 0.1) is 0 Å². The van der Waals surface area contributed by atoms with Crippen molar-refractivity contribution in [3.05, 3.63) is 29.3 Å². The fraction of sp³-hybridized carbons (Fsp3) is 0.500. The van der Waals surface area contributed by atoms with E-state index in [1.54, 1.807) is 7.11 Å². The van der Waals surface area contributed by atoms with Gasteiger partial charge in [0.2, 0.25) is 0 Å². The van der Waals surface area contributed by atoms with Crippen LogP contribution in [0.2, 0.25) is 0 Å². The first-order chi connectivity index (χ1) is 6.19. The molecule has 0 aliphatic heterocycles. The predicted molar refractivity (Wildman–Crippen MR) is 61.5 cm³/mol. The molecule has 1 aromatic rings. The first-order valence-electron chi connectivity index (χ1n) is 4.85. The van der Waals surface area contributed by atoms with E-state index in [0.29, 0.717) is 5.92 Å². The third-order valence-electron chi connectivity index (χ3n) is 2.32. The summed E-state index contributed by atoms with van der Waals surface area (Å²) in [4.78, 5) is 0. The van der Waals surface area contributed by atoms with E-state index in [9.17, 15) is 0 Å². The van der Waals surface area contributed by atoms with E-state index in [-0.39, 0.29) is 6.15 Å². The molecule has 0 amide bonds. The molecule has 0 saturated carbocycles. The molecule has 0 aliphatic carbocycles. The summed E-state index contributed by atoms with van der Waals surface area (Å²) in [6.07, 6.45) is 1.09. The van der Waals surface area contributed by atoms with Crippen LogP contribution in [-0.2, 0) is 6.42 Å². The second-order valence-electron chi connectivity index (χ2n) is 3.58. The highest BCUT2D eigenvalue weighted by atomic mass is 16.5. The Morgan fingerprint density at radius 1 is 1.29 bits per heavy atom. The molecule has 0 unspecified atom stereocenters. The van der Waals surface area contributed by atoms with Gasteiger partial charge in [-0.25, -0.2) is 0 Å². The minimum absolute atomic E-state index is 0. The van der Waals surface area contributed by atoms with E-state index < -0.39 is 0 Å². The molecule has 1 rings (SSSR count). The normalized spacial score (nSPS) is 9.79. The van der Waals surface area contributed by atoms with Gasteiger partial charge in [0.1, 0.15) is 5.75 Å². The van der Waals surface area contributed by atoms with E-state index in [1.807, 2.05) is 0 Å². The molecule has 2 heteroatoms. The van der Waals surface area contributed by atoms with Crippen molar-refractivity contribution in [2.75, 3.05) is 7.11 Å². The number of methoxy groups -OCH3 is 1. The lowest BCUT2D eigenvalue weighted by Crippen LogP contribution is -1.95. The summed E-state index contributed by atoms with van der Waals surface area (Å²) < 4.78 is 5.31. The van der Waals surface area contributed by atoms with Gasteiger partial charge in [0.05, 0.1) is 7.11 Å². The zero-order chi connectivity index (χ0) is 9.84. The molecule has 0 aromatic heterocycles. The highest BCUT2D eigenvalue weighted by Gasteiger charge is 2.06.